The van der Waals surface area contributed by atoms with Crippen LogP contribution >= 0.6 is 23.8 Å². The van der Waals surface area contributed by atoms with Gasteiger partial charge in [0, 0.05) is 11.3 Å². The normalized spacial score (nSPS) is 13.0. The molecule has 1 aromatic rings. The second-order valence-corrected chi connectivity index (χ2v) is 3.83. The summed E-state index contributed by atoms with van der Waals surface area (Å²) in [5, 5.41) is -0.119. The first-order chi connectivity index (χ1) is 5.52. The predicted molar refractivity (Wildman–Crippen MR) is 53.2 cm³/mol. The minimum Gasteiger partial charge on any atom is -0.346 e. The number of H-pyrrole nitrogens is 1. The van der Waals surface area contributed by atoms with E-state index in [4.69, 9.17) is 23.8 Å². The van der Waals surface area contributed by atoms with Crippen molar-refractivity contribution in [3.8, 4) is 0 Å². The SMILES string of the molecule is Cc1[nH]c(C(C)Cl)nc(=S)c1C. The van der Waals surface area contributed by atoms with Crippen LogP contribution in [-0.2, 0) is 0 Å². The van der Waals surface area contributed by atoms with E-state index in [9.17, 15) is 0 Å². The highest BCUT2D eigenvalue weighted by Gasteiger charge is 2.05. The molecule has 0 aromatic carbocycles. The highest BCUT2D eigenvalue weighted by Crippen LogP contribution is 2.16. The van der Waals surface area contributed by atoms with Crippen LogP contribution < -0.4 is 0 Å². The first-order valence-electron chi connectivity index (χ1n) is 3.74. The monoisotopic (exact) mass is 202 g/mol. The molecule has 1 heterocycles. The molecule has 12 heavy (non-hydrogen) atoms. The van der Waals surface area contributed by atoms with Crippen molar-refractivity contribution in [3.63, 3.8) is 0 Å². The quantitative estimate of drug-likeness (QED) is 0.560. The van der Waals surface area contributed by atoms with Gasteiger partial charge in [-0.05, 0) is 20.8 Å². The number of nitrogens with zero attached hydrogens (tertiary/aromatic N) is 1. The molecule has 0 aliphatic carbocycles. The van der Waals surface area contributed by atoms with Crippen LogP contribution in [0.5, 0.6) is 0 Å². The third kappa shape index (κ3) is 1.84. The summed E-state index contributed by atoms with van der Waals surface area (Å²) in [4.78, 5) is 7.27. The van der Waals surface area contributed by atoms with Crippen LogP contribution in [0.25, 0.3) is 0 Å². The van der Waals surface area contributed by atoms with Gasteiger partial charge in [0.05, 0.1) is 5.38 Å². The summed E-state index contributed by atoms with van der Waals surface area (Å²) in [5.74, 6) is 0.741. The number of halogens is 1. The van der Waals surface area contributed by atoms with Gasteiger partial charge in [-0.2, -0.15) is 0 Å². The molecule has 0 saturated heterocycles. The third-order valence-corrected chi connectivity index (χ3v) is 2.40. The zero-order valence-corrected chi connectivity index (χ0v) is 8.88. The van der Waals surface area contributed by atoms with Crippen LogP contribution in [0.4, 0.5) is 0 Å². The summed E-state index contributed by atoms with van der Waals surface area (Å²) < 4.78 is 0.633. The maximum Gasteiger partial charge on any atom is 0.132 e. The van der Waals surface area contributed by atoms with Gasteiger partial charge in [-0.15, -0.1) is 11.6 Å². The van der Waals surface area contributed by atoms with Gasteiger partial charge >= 0.3 is 0 Å². The van der Waals surface area contributed by atoms with E-state index in [2.05, 4.69) is 9.97 Å². The third-order valence-electron chi connectivity index (χ3n) is 1.80. The average Bonchev–Trinajstić information content (AvgIpc) is 1.99. The lowest BCUT2D eigenvalue weighted by Gasteiger charge is -2.06. The van der Waals surface area contributed by atoms with Gasteiger partial charge in [-0.3, -0.25) is 0 Å². The number of rotatable bonds is 1. The maximum atomic E-state index is 5.86. The van der Waals surface area contributed by atoms with Gasteiger partial charge in [0.25, 0.3) is 0 Å². The first kappa shape index (κ1) is 9.68. The lowest BCUT2D eigenvalue weighted by Crippen LogP contribution is -2.00. The number of alkyl halides is 1. The largest absolute Gasteiger partial charge is 0.346 e. The van der Waals surface area contributed by atoms with Crippen molar-refractivity contribution in [2.24, 2.45) is 0 Å². The van der Waals surface area contributed by atoms with Crippen molar-refractivity contribution in [1.82, 2.24) is 9.97 Å². The summed E-state index contributed by atoms with van der Waals surface area (Å²) in [7, 11) is 0. The molecule has 0 bridgehead atoms. The molecule has 1 aromatic heterocycles. The number of nitrogens with one attached hydrogen (secondary N) is 1. The zero-order chi connectivity index (χ0) is 9.30. The number of aryl methyl sites for hydroxylation is 1. The molecule has 0 aliphatic heterocycles. The molecular weight excluding hydrogens is 192 g/mol. The Bertz CT molecular complexity index is 343. The number of hydrogen-bond acceptors (Lipinski definition) is 2. The lowest BCUT2D eigenvalue weighted by molar-refractivity contribution is 0.874. The van der Waals surface area contributed by atoms with Crippen molar-refractivity contribution in [2.45, 2.75) is 26.1 Å². The summed E-state index contributed by atoms with van der Waals surface area (Å²) in [6.07, 6.45) is 0. The van der Waals surface area contributed by atoms with Crippen LogP contribution in [0, 0.1) is 18.5 Å². The molecule has 0 aliphatic rings. The molecule has 1 atom stereocenters. The standard InChI is InChI=1S/C8H11ClN2S/c1-4-6(3)10-7(5(2)9)11-8(4)12/h5H,1-3H3,(H,10,11,12). The predicted octanol–water partition coefficient (Wildman–Crippen LogP) is 3.06. The Morgan fingerprint density at radius 1 is 1.50 bits per heavy atom. The fraction of sp³-hybridized carbons (Fsp3) is 0.500. The molecule has 66 valence electrons. The van der Waals surface area contributed by atoms with Crippen LogP contribution in [0.15, 0.2) is 0 Å². The van der Waals surface area contributed by atoms with E-state index in [-0.39, 0.29) is 5.38 Å². The van der Waals surface area contributed by atoms with Gasteiger partial charge in [0.2, 0.25) is 0 Å². The Kier molecular flexibility index (Phi) is 2.85. The summed E-state index contributed by atoms with van der Waals surface area (Å²) >= 11 is 10.9. The van der Waals surface area contributed by atoms with Gasteiger partial charge in [-0.25, -0.2) is 4.98 Å². The molecule has 0 amide bonds. The molecular formula is C8H11ClN2S. The Balaban J connectivity index is 3.31. The van der Waals surface area contributed by atoms with Crippen LogP contribution in [0.3, 0.4) is 0 Å². The fourth-order valence-electron chi connectivity index (χ4n) is 0.856. The molecule has 1 N–H and O–H groups in total. The topological polar surface area (TPSA) is 28.7 Å². The molecule has 0 fully saturated rings. The van der Waals surface area contributed by atoms with Gasteiger partial charge in [0.15, 0.2) is 0 Å². The molecule has 2 nitrogen and oxygen atoms in total. The number of aromatic amines is 1. The molecule has 0 spiro atoms. The number of aromatic nitrogens is 2. The molecule has 0 radical (unpaired) electrons. The van der Waals surface area contributed by atoms with E-state index in [1.807, 2.05) is 20.8 Å². The highest BCUT2D eigenvalue weighted by molar-refractivity contribution is 7.71. The second-order valence-electron chi connectivity index (χ2n) is 2.79. The first-order valence-corrected chi connectivity index (χ1v) is 4.58. The Hall–Kier alpha value is -0.410. The molecule has 0 saturated carbocycles. The highest BCUT2D eigenvalue weighted by atomic mass is 35.5. The van der Waals surface area contributed by atoms with Crippen molar-refractivity contribution < 1.29 is 0 Å². The van der Waals surface area contributed by atoms with Crippen molar-refractivity contribution in [2.75, 3.05) is 0 Å². The van der Waals surface area contributed by atoms with E-state index >= 15 is 0 Å². The Labute approximate surface area is 82.0 Å². The van der Waals surface area contributed by atoms with Crippen molar-refractivity contribution in [1.29, 1.82) is 0 Å². The Morgan fingerprint density at radius 3 is 2.50 bits per heavy atom. The minimum absolute atomic E-state index is 0.119. The fourth-order valence-corrected chi connectivity index (χ4v) is 1.21. The minimum atomic E-state index is -0.119. The van der Waals surface area contributed by atoms with Crippen LogP contribution in [0.1, 0.15) is 29.4 Å². The Morgan fingerprint density at radius 2 is 2.08 bits per heavy atom. The van der Waals surface area contributed by atoms with E-state index in [0.717, 1.165) is 17.1 Å². The van der Waals surface area contributed by atoms with Gasteiger partial charge in [0.1, 0.15) is 10.5 Å². The van der Waals surface area contributed by atoms with E-state index in [1.165, 1.54) is 0 Å². The summed E-state index contributed by atoms with van der Waals surface area (Å²) in [6.45, 7) is 5.78. The summed E-state index contributed by atoms with van der Waals surface area (Å²) in [5.41, 5.74) is 2.06. The van der Waals surface area contributed by atoms with E-state index in [0.29, 0.717) is 4.64 Å². The summed E-state index contributed by atoms with van der Waals surface area (Å²) in [6, 6.07) is 0. The molecule has 4 heteroatoms. The van der Waals surface area contributed by atoms with Crippen LogP contribution in [0.2, 0.25) is 0 Å². The molecule has 1 unspecified atom stereocenters. The van der Waals surface area contributed by atoms with Crippen molar-refractivity contribution >= 4 is 23.8 Å². The maximum absolute atomic E-state index is 5.86. The second kappa shape index (κ2) is 3.54. The zero-order valence-electron chi connectivity index (χ0n) is 7.31. The number of hydrogen-bond donors (Lipinski definition) is 1. The molecule has 1 rings (SSSR count). The van der Waals surface area contributed by atoms with Crippen LogP contribution in [-0.4, -0.2) is 9.97 Å². The van der Waals surface area contributed by atoms with Gasteiger partial charge in [-0.1, -0.05) is 12.2 Å². The lowest BCUT2D eigenvalue weighted by atomic mass is 10.2. The van der Waals surface area contributed by atoms with Gasteiger partial charge < -0.3 is 4.98 Å². The van der Waals surface area contributed by atoms with E-state index in [1.54, 1.807) is 0 Å². The van der Waals surface area contributed by atoms with Crippen molar-refractivity contribution in [3.05, 3.63) is 21.7 Å². The average molecular weight is 203 g/mol. The smallest absolute Gasteiger partial charge is 0.132 e. The van der Waals surface area contributed by atoms with E-state index < -0.39 is 0 Å².